The second-order valence-corrected chi connectivity index (χ2v) is 22.0. The summed E-state index contributed by atoms with van der Waals surface area (Å²) in [5.41, 5.74) is 0.504. The van der Waals surface area contributed by atoms with E-state index < -0.39 is 70.9 Å². The van der Waals surface area contributed by atoms with Crippen LogP contribution in [0.1, 0.15) is 111 Å². The van der Waals surface area contributed by atoms with Crippen LogP contribution >= 0.6 is 27.7 Å². The lowest BCUT2D eigenvalue weighted by molar-refractivity contribution is -0.142. The molecule has 70 heavy (non-hydrogen) atoms. The van der Waals surface area contributed by atoms with Crippen molar-refractivity contribution in [3.63, 3.8) is 0 Å². The van der Waals surface area contributed by atoms with Gasteiger partial charge in [0, 0.05) is 84.8 Å². The van der Waals surface area contributed by atoms with E-state index in [9.17, 15) is 24.0 Å². The normalized spacial score (nSPS) is 17.6. The second kappa shape index (κ2) is 24.4. The molecule has 0 fully saturated rings. The maximum atomic E-state index is 15.1. The van der Waals surface area contributed by atoms with Gasteiger partial charge < -0.3 is 45.7 Å². The molecule has 1 aromatic carbocycles. The molecular weight excluding hydrogens is 983 g/mol. The van der Waals surface area contributed by atoms with E-state index in [4.69, 9.17) is 14.2 Å². The third-order valence-corrected chi connectivity index (χ3v) is 12.6. The first-order chi connectivity index (χ1) is 32.9. The van der Waals surface area contributed by atoms with Gasteiger partial charge in [-0.2, -0.15) is 0 Å². The lowest BCUT2D eigenvalue weighted by Gasteiger charge is -2.32. The van der Waals surface area contributed by atoms with Gasteiger partial charge in [0.2, 0.25) is 17.7 Å². The predicted molar refractivity (Wildman–Crippen MR) is 270 cm³/mol. The average molecular weight is 1050 g/mol. The van der Waals surface area contributed by atoms with Crippen molar-refractivity contribution >= 4 is 74.6 Å². The zero-order valence-corrected chi connectivity index (χ0v) is 44.2. The van der Waals surface area contributed by atoms with Crippen molar-refractivity contribution in [2.75, 3.05) is 20.1 Å². The fourth-order valence-corrected chi connectivity index (χ4v) is 9.13. The van der Waals surface area contributed by atoms with Gasteiger partial charge in [0.15, 0.2) is 0 Å². The fourth-order valence-electron chi connectivity index (χ4n) is 7.52. The van der Waals surface area contributed by atoms with E-state index >= 15 is 4.79 Å². The summed E-state index contributed by atoms with van der Waals surface area (Å²) in [6.45, 7) is 16.7. The number of aromatic nitrogens is 3. The Morgan fingerprint density at radius 1 is 0.800 bits per heavy atom. The molecule has 1 aliphatic heterocycles. The molecule has 0 aliphatic carbocycles. The van der Waals surface area contributed by atoms with Gasteiger partial charge in [-0.1, -0.05) is 36.0 Å². The van der Waals surface area contributed by atoms with Gasteiger partial charge in [-0.3, -0.25) is 23.9 Å². The SMILES string of the molecule is CN1C(=O)[C@H](CCCCNC(=O)OC(C)(C)C)NC(=O)[C@H](CCCNC(=O)OC(C)(C)C)NCc2cccnc2Sc2cncc(Br)c2CNC(=O)[C@@H]1Cc1cn(C(=O)OC(C)(C)C)c2ccccc12. The van der Waals surface area contributed by atoms with Gasteiger partial charge in [0.25, 0.3) is 0 Å². The van der Waals surface area contributed by atoms with Crippen molar-refractivity contribution < 1.29 is 43.0 Å². The van der Waals surface area contributed by atoms with E-state index in [1.807, 2.05) is 18.2 Å². The van der Waals surface area contributed by atoms with E-state index in [0.29, 0.717) is 50.1 Å². The number of hydrogen-bond acceptors (Lipinski definition) is 13. The van der Waals surface area contributed by atoms with Crippen molar-refractivity contribution in [1.82, 2.24) is 46.0 Å². The quantitative estimate of drug-likeness (QED) is 0.0716. The van der Waals surface area contributed by atoms with E-state index in [0.717, 1.165) is 11.1 Å². The van der Waals surface area contributed by atoms with Crippen molar-refractivity contribution in [2.45, 2.75) is 159 Å². The smallest absolute Gasteiger partial charge is 0.419 e. The minimum absolute atomic E-state index is 0.0178. The maximum absolute atomic E-state index is 15.1. The Labute approximate surface area is 423 Å². The van der Waals surface area contributed by atoms with Crippen molar-refractivity contribution in [3.05, 3.63) is 82.3 Å². The number of ether oxygens (including phenoxy) is 3. The summed E-state index contributed by atoms with van der Waals surface area (Å²) in [4.78, 5) is 94.2. The number of halogens is 1. The molecule has 1 aliphatic rings. The summed E-state index contributed by atoms with van der Waals surface area (Å²) in [5, 5.41) is 16.3. The molecular formula is C50H68BrN9O9S. The third kappa shape index (κ3) is 16.7. The van der Waals surface area contributed by atoms with E-state index in [1.165, 1.54) is 28.3 Å². The number of pyridine rings is 2. The summed E-state index contributed by atoms with van der Waals surface area (Å²) >= 11 is 5.01. The number of nitrogens with one attached hydrogen (secondary N) is 5. The molecule has 5 N–H and O–H groups in total. The van der Waals surface area contributed by atoms with Gasteiger partial charge in [0.05, 0.1) is 11.6 Å². The monoisotopic (exact) mass is 1050 g/mol. The topological polar surface area (TPSA) is 224 Å². The number of fused-ring (bicyclic) bond motifs is 3. The molecule has 0 radical (unpaired) electrons. The third-order valence-electron chi connectivity index (χ3n) is 10.8. The first kappa shape index (κ1) is 55.2. The number of likely N-dealkylation sites (N-methyl/N-ethyl adjacent to an activating group) is 1. The Hall–Kier alpha value is -5.73. The van der Waals surface area contributed by atoms with Crippen LogP contribution in [0.5, 0.6) is 0 Å². The Morgan fingerprint density at radius 2 is 1.44 bits per heavy atom. The van der Waals surface area contributed by atoms with Crippen LogP contribution < -0.4 is 26.6 Å². The van der Waals surface area contributed by atoms with Crippen LogP contribution in [0.15, 0.2) is 75.6 Å². The molecule has 4 heterocycles. The van der Waals surface area contributed by atoms with Crippen molar-refractivity contribution in [2.24, 2.45) is 0 Å². The number of amides is 5. The molecule has 4 aromatic rings. The highest BCUT2D eigenvalue weighted by Crippen LogP contribution is 2.34. The van der Waals surface area contributed by atoms with Crippen LogP contribution in [0.2, 0.25) is 0 Å². The van der Waals surface area contributed by atoms with Gasteiger partial charge in [0.1, 0.15) is 33.9 Å². The summed E-state index contributed by atoms with van der Waals surface area (Å²) in [6.07, 6.45) is 6.49. The Morgan fingerprint density at radius 3 is 2.11 bits per heavy atom. The standard InChI is InChI=1S/C50H68BrN9O9S/c1-48(2,3)67-45(64)54-22-14-13-19-37-44(63)59(10)39(25-32-30-60(47(66)69-50(7,8)9)38-21-12-11-18-33(32)38)42(62)57-27-34-35(51)28-52-29-40(34)70-43-31(17-15-23-53-43)26-56-36(41(61)58-37)20-16-24-55-46(65)68-49(4,5)6/h11-12,15,17-18,21,23,28-30,36-37,39,56H,13-14,16,19-20,22,24-27H2,1-10H3,(H,54,64)(H,55,65)(H,57,62)(H,58,61)/t36-,37-,39-/m0/s1. The minimum atomic E-state index is -1.15. The Bertz CT molecular complexity index is 2500. The van der Waals surface area contributed by atoms with E-state index in [2.05, 4.69) is 52.5 Å². The highest BCUT2D eigenvalue weighted by Gasteiger charge is 2.35. The van der Waals surface area contributed by atoms with Crippen molar-refractivity contribution in [1.29, 1.82) is 0 Å². The summed E-state index contributed by atoms with van der Waals surface area (Å²) in [5.74, 6) is -1.50. The first-order valence-corrected chi connectivity index (χ1v) is 25.1. The molecule has 18 nitrogen and oxygen atoms in total. The summed E-state index contributed by atoms with van der Waals surface area (Å²) in [6, 6.07) is 7.84. The molecule has 5 rings (SSSR count). The molecule has 0 bridgehead atoms. The van der Waals surface area contributed by atoms with Crippen LogP contribution in [-0.2, 0) is 48.1 Å². The molecule has 5 amide bonds. The van der Waals surface area contributed by atoms with E-state index in [1.54, 1.807) is 105 Å². The molecule has 380 valence electrons. The number of carbonyl (C=O) groups is 6. The van der Waals surface area contributed by atoms with Crippen molar-refractivity contribution in [3.8, 4) is 0 Å². The fraction of sp³-hybridized carbons (Fsp3) is 0.520. The Kier molecular flexibility index (Phi) is 19.2. The number of hydrogen-bond donors (Lipinski definition) is 5. The predicted octanol–water partition coefficient (Wildman–Crippen LogP) is 7.77. The lowest BCUT2D eigenvalue weighted by Crippen LogP contribution is -2.57. The van der Waals surface area contributed by atoms with Gasteiger partial charge >= 0.3 is 18.3 Å². The number of nitrogens with zero attached hydrogens (tertiary/aromatic N) is 4. The molecule has 3 aromatic heterocycles. The molecule has 0 saturated carbocycles. The zero-order chi connectivity index (χ0) is 51.4. The van der Waals surface area contributed by atoms with Crippen LogP contribution in [0.3, 0.4) is 0 Å². The molecule has 0 unspecified atom stereocenters. The van der Waals surface area contributed by atoms with Crippen LogP contribution in [-0.4, -0.2) is 111 Å². The lowest BCUT2D eigenvalue weighted by atomic mass is 10.0. The maximum Gasteiger partial charge on any atom is 0.419 e. The van der Waals surface area contributed by atoms with Crippen LogP contribution in [0, 0.1) is 0 Å². The minimum Gasteiger partial charge on any atom is -0.444 e. The molecule has 0 saturated heterocycles. The number of alkyl carbamates (subject to hydrolysis) is 2. The van der Waals surface area contributed by atoms with Gasteiger partial charge in [-0.15, -0.1) is 0 Å². The summed E-state index contributed by atoms with van der Waals surface area (Å²) < 4.78 is 18.6. The van der Waals surface area contributed by atoms with Crippen LogP contribution in [0.4, 0.5) is 14.4 Å². The number of para-hydroxylation sites is 1. The molecule has 20 heteroatoms. The van der Waals surface area contributed by atoms with Gasteiger partial charge in [-0.25, -0.2) is 19.4 Å². The summed E-state index contributed by atoms with van der Waals surface area (Å²) in [7, 11) is 1.53. The average Bonchev–Trinajstić information content (AvgIpc) is 3.63. The van der Waals surface area contributed by atoms with Gasteiger partial charge in [-0.05, 0) is 134 Å². The van der Waals surface area contributed by atoms with Crippen LogP contribution in [0.25, 0.3) is 10.9 Å². The number of benzene rings is 1. The number of rotatable bonds is 11. The highest BCUT2D eigenvalue weighted by atomic mass is 79.9. The molecule has 3 atom stereocenters. The highest BCUT2D eigenvalue weighted by molar-refractivity contribution is 9.10. The van der Waals surface area contributed by atoms with E-state index in [-0.39, 0.29) is 45.4 Å². The Balaban J connectivity index is 1.55. The number of unbranched alkanes of at least 4 members (excludes halogenated alkanes) is 1. The second-order valence-electron chi connectivity index (χ2n) is 20.1. The number of carbonyl (C=O) groups excluding carboxylic acids is 6. The first-order valence-electron chi connectivity index (χ1n) is 23.5. The molecule has 0 spiro atoms. The largest absolute Gasteiger partial charge is 0.444 e. The zero-order valence-electron chi connectivity index (χ0n) is 41.8.